The van der Waals surface area contributed by atoms with Crippen LogP contribution in [0.4, 0.5) is 5.69 Å². The van der Waals surface area contributed by atoms with Gasteiger partial charge in [-0.05, 0) is 72.9 Å². The van der Waals surface area contributed by atoms with E-state index in [1.54, 1.807) is 48.5 Å². The summed E-state index contributed by atoms with van der Waals surface area (Å²) in [6, 6.07) is 17.6. The van der Waals surface area contributed by atoms with Gasteiger partial charge in [0.25, 0.3) is 5.91 Å². The summed E-state index contributed by atoms with van der Waals surface area (Å²) < 4.78 is 16.8. The molecule has 0 fully saturated rings. The maximum absolute atomic E-state index is 12.6. The average Bonchev–Trinajstić information content (AvgIpc) is 3.22. The van der Waals surface area contributed by atoms with Gasteiger partial charge >= 0.3 is 0 Å². The summed E-state index contributed by atoms with van der Waals surface area (Å²) in [6.45, 7) is 0.936. The van der Waals surface area contributed by atoms with E-state index in [1.807, 2.05) is 12.1 Å². The van der Waals surface area contributed by atoms with Crippen LogP contribution in [-0.2, 0) is 0 Å². The molecule has 2 N–H and O–H groups in total. The predicted molar refractivity (Wildman–Crippen MR) is 126 cm³/mol. The number of aromatic nitrogens is 1. The minimum atomic E-state index is -0.355. The van der Waals surface area contributed by atoms with Crippen molar-refractivity contribution in [2.45, 2.75) is 0 Å². The lowest BCUT2D eigenvalue weighted by Crippen LogP contribution is -2.34. The first-order valence-corrected chi connectivity index (χ1v) is 10.5. The van der Waals surface area contributed by atoms with Crippen LogP contribution >= 0.6 is 23.8 Å². The van der Waals surface area contributed by atoms with E-state index in [1.165, 1.54) is 0 Å². The first-order valence-electron chi connectivity index (χ1n) is 9.74. The van der Waals surface area contributed by atoms with Crippen LogP contribution in [0, 0.1) is 0 Å². The van der Waals surface area contributed by atoms with Crippen LogP contribution in [0.25, 0.3) is 22.6 Å². The van der Waals surface area contributed by atoms with Gasteiger partial charge in [-0.3, -0.25) is 10.1 Å². The van der Waals surface area contributed by atoms with E-state index in [0.717, 1.165) is 5.56 Å². The Hall–Kier alpha value is -3.62. The summed E-state index contributed by atoms with van der Waals surface area (Å²) in [5.74, 6) is 1.29. The summed E-state index contributed by atoms with van der Waals surface area (Å²) in [5.41, 5.74) is 3.19. The summed E-state index contributed by atoms with van der Waals surface area (Å²) in [4.78, 5) is 17.1. The lowest BCUT2D eigenvalue weighted by molar-refractivity contribution is 0.0976. The van der Waals surface area contributed by atoms with E-state index in [4.69, 9.17) is 37.7 Å². The van der Waals surface area contributed by atoms with E-state index < -0.39 is 0 Å². The van der Waals surface area contributed by atoms with Crippen LogP contribution in [0.2, 0.25) is 5.02 Å². The van der Waals surface area contributed by atoms with Gasteiger partial charge in [-0.15, -0.1) is 0 Å². The van der Waals surface area contributed by atoms with Crippen molar-refractivity contribution in [3.05, 3.63) is 71.2 Å². The molecule has 0 spiro atoms. The molecule has 0 aliphatic carbocycles. The molecular formula is C23H16ClN3O4S. The molecule has 5 rings (SSSR count). The smallest absolute Gasteiger partial charge is 0.257 e. The fourth-order valence-electron chi connectivity index (χ4n) is 3.24. The third-order valence-electron chi connectivity index (χ3n) is 4.77. The number of nitrogens with one attached hydrogen (secondary N) is 2. The highest BCUT2D eigenvalue weighted by atomic mass is 35.5. The minimum Gasteiger partial charge on any atom is -0.486 e. The number of halogens is 1. The molecule has 160 valence electrons. The lowest BCUT2D eigenvalue weighted by Gasteiger charge is -2.18. The largest absolute Gasteiger partial charge is 0.486 e. The highest BCUT2D eigenvalue weighted by molar-refractivity contribution is 7.80. The van der Waals surface area contributed by atoms with Crippen molar-refractivity contribution in [1.29, 1.82) is 0 Å². The lowest BCUT2D eigenvalue weighted by atomic mass is 10.2. The summed E-state index contributed by atoms with van der Waals surface area (Å²) in [6.07, 6.45) is 0. The van der Waals surface area contributed by atoms with Gasteiger partial charge in [0.1, 0.15) is 18.7 Å². The van der Waals surface area contributed by atoms with Crippen molar-refractivity contribution in [2.75, 3.05) is 18.5 Å². The maximum Gasteiger partial charge on any atom is 0.257 e. The zero-order valence-corrected chi connectivity index (χ0v) is 18.1. The van der Waals surface area contributed by atoms with Gasteiger partial charge in [-0.25, -0.2) is 4.98 Å². The third kappa shape index (κ3) is 4.23. The summed E-state index contributed by atoms with van der Waals surface area (Å²) >= 11 is 11.2. The standard InChI is InChI=1S/C23H16ClN3O4S/c24-15-4-1-13(2-5-15)22-26-17-12-16(6-8-18(17)31-22)25-23(32)27-21(28)14-3-7-19-20(11-14)30-10-9-29-19/h1-8,11-12H,9-10H2,(H2,25,27,28,32). The summed E-state index contributed by atoms with van der Waals surface area (Å²) in [5, 5.41) is 6.46. The van der Waals surface area contributed by atoms with Gasteiger partial charge < -0.3 is 19.2 Å². The fourth-order valence-corrected chi connectivity index (χ4v) is 3.58. The molecule has 0 radical (unpaired) electrons. The number of carbonyl (C=O) groups excluding carboxylic acids is 1. The van der Waals surface area contributed by atoms with Crippen LogP contribution in [0.5, 0.6) is 11.5 Å². The number of thiocarbonyl (C=S) groups is 1. The molecule has 4 aromatic rings. The number of carbonyl (C=O) groups is 1. The van der Waals surface area contributed by atoms with Crippen molar-refractivity contribution in [2.24, 2.45) is 0 Å². The average molecular weight is 466 g/mol. The number of nitrogens with zero attached hydrogens (tertiary/aromatic N) is 1. The monoisotopic (exact) mass is 465 g/mol. The van der Waals surface area contributed by atoms with Gasteiger partial charge in [0, 0.05) is 21.8 Å². The Morgan fingerprint density at radius 2 is 1.75 bits per heavy atom. The van der Waals surface area contributed by atoms with Crippen molar-refractivity contribution in [3.8, 4) is 23.0 Å². The number of benzene rings is 3. The number of ether oxygens (including phenoxy) is 2. The highest BCUT2D eigenvalue weighted by Gasteiger charge is 2.16. The predicted octanol–water partition coefficient (Wildman–Crippen LogP) is 5.05. The minimum absolute atomic E-state index is 0.158. The normalized spacial score (nSPS) is 12.4. The van der Waals surface area contributed by atoms with Gasteiger partial charge in [-0.2, -0.15) is 0 Å². The van der Waals surface area contributed by atoms with Crippen LogP contribution in [0.1, 0.15) is 10.4 Å². The van der Waals surface area contributed by atoms with Gasteiger partial charge in [-0.1, -0.05) is 11.6 Å². The molecule has 7 nitrogen and oxygen atoms in total. The Bertz CT molecular complexity index is 1340. The Labute approximate surface area is 193 Å². The molecule has 1 aromatic heterocycles. The molecule has 0 saturated heterocycles. The number of hydrogen-bond acceptors (Lipinski definition) is 6. The third-order valence-corrected chi connectivity index (χ3v) is 5.22. The Morgan fingerprint density at radius 1 is 0.969 bits per heavy atom. The molecule has 0 atom stereocenters. The second-order valence-electron chi connectivity index (χ2n) is 6.98. The van der Waals surface area contributed by atoms with Crippen LogP contribution in [-0.4, -0.2) is 29.2 Å². The van der Waals surface area contributed by atoms with Gasteiger partial charge in [0.2, 0.25) is 5.89 Å². The van der Waals surface area contributed by atoms with Crippen molar-refractivity contribution < 1.29 is 18.7 Å². The SMILES string of the molecule is O=C(NC(=S)Nc1ccc2oc(-c3ccc(Cl)cc3)nc2c1)c1ccc2c(c1)OCCO2. The molecular weight excluding hydrogens is 450 g/mol. The van der Waals surface area contributed by atoms with Crippen molar-refractivity contribution >= 4 is 51.6 Å². The van der Waals surface area contributed by atoms with E-state index in [0.29, 0.717) is 58.0 Å². The van der Waals surface area contributed by atoms with Crippen LogP contribution in [0.3, 0.4) is 0 Å². The Kier molecular flexibility index (Phi) is 5.38. The van der Waals surface area contributed by atoms with E-state index in [-0.39, 0.29) is 11.0 Å². The van der Waals surface area contributed by atoms with Crippen molar-refractivity contribution in [3.63, 3.8) is 0 Å². The maximum atomic E-state index is 12.6. The molecule has 2 heterocycles. The number of amides is 1. The van der Waals surface area contributed by atoms with Crippen molar-refractivity contribution in [1.82, 2.24) is 10.3 Å². The zero-order valence-electron chi connectivity index (χ0n) is 16.6. The Morgan fingerprint density at radius 3 is 2.56 bits per heavy atom. The molecule has 1 aliphatic heterocycles. The molecule has 3 aromatic carbocycles. The molecule has 1 aliphatic rings. The molecule has 0 bridgehead atoms. The molecule has 1 amide bonds. The zero-order chi connectivity index (χ0) is 22.1. The van der Waals surface area contributed by atoms with E-state index in [2.05, 4.69) is 15.6 Å². The Balaban J connectivity index is 1.28. The number of anilines is 1. The van der Waals surface area contributed by atoms with E-state index in [9.17, 15) is 4.79 Å². The molecule has 9 heteroatoms. The topological polar surface area (TPSA) is 85.6 Å². The molecule has 32 heavy (non-hydrogen) atoms. The molecule has 0 unspecified atom stereocenters. The number of oxazole rings is 1. The van der Waals surface area contributed by atoms with Gasteiger partial charge in [0.15, 0.2) is 22.2 Å². The van der Waals surface area contributed by atoms with Crippen LogP contribution in [0.15, 0.2) is 65.1 Å². The first-order chi connectivity index (χ1) is 15.5. The van der Waals surface area contributed by atoms with Crippen LogP contribution < -0.4 is 20.1 Å². The van der Waals surface area contributed by atoms with Gasteiger partial charge in [0.05, 0.1) is 0 Å². The second-order valence-corrected chi connectivity index (χ2v) is 7.82. The first kappa shape index (κ1) is 20.3. The second kappa shape index (κ2) is 8.49. The molecule has 0 saturated carbocycles. The quantitative estimate of drug-likeness (QED) is 0.409. The number of rotatable bonds is 3. The summed E-state index contributed by atoms with van der Waals surface area (Å²) in [7, 11) is 0. The number of fused-ring (bicyclic) bond motifs is 2. The number of hydrogen-bond donors (Lipinski definition) is 2. The van der Waals surface area contributed by atoms with E-state index >= 15 is 0 Å². The highest BCUT2D eigenvalue weighted by Crippen LogP contribution is 2.31. The fraction of sp³-hybridized carbons (Fsp3) is 0.0870.